The van der Waals surface area contributed by atoms with Crippen molar-refractivity contribution in [3.8, 4) is 5.75 Å². The van der Waals surface area contributed by atoms with Crippen molar-refractivity contribution in [1.29, 1.82) is 0 Å². The van der Waals surface area contributed by atoms with Crippen LogP contribution in [0.2, 0.25) is 5.02 Å². The number of ether oxygens (including phenoxy) is 1. The van der Waals surface area contributed by atoms with E-state index >= 15 is 0 Å². The van der Waals surface area contributed by atoms with Crippen molar-refractivity contribution in [1.82, 2.24) is 5.32 Å². The average molecular weight is 268 g/mol. The summed E-state index contributed by atoms with van der Waals surface area (Å²) in [6.45, 7) is 5.64. The van der Waals surface area contributed by atoms with Gasteiger partial charge >= 0.3 is 0 Å². The first-order valence-electron chi connectivity index (χ1n) is 6.66. The van der Waals surface area contributed by atoms with E-state index in [4.69, 9.17) is 16.3 Å². The Morgan fingerprint density at radius 1 is 1.44 bits per heavy atom. The van der Waals surface area contributed by atoms with E-state index in [1.807, 2.05) is 6.07 Å². The van der Waals surface area contributed by atoms with E-state index in [1.165, 1.54) is 18.4 Å². The molecule has 1 aromatic rings. The SMILES string of the molecule is COc1cc(C2(CC(C)C)CCCN2)ccc1Cl. The minimum Gasteiger partial charge on any atom is -0.495 e. The number of benzene rings is 1. The summed E-state index contributed by atoms with van der Waals surface area (Å²) in [7, 11) is 1.67. The molecular weight excluding hydrogens is 246 g/mol. The van der Waals surface area contributed by atoms with Gasteiger partial charge in [-0.25, -0.2) is 0 Å². The van der Waals surface area contributed by atoms with E-state index in [2.05, 4.69) is 31.3 Å². The van der Waals surface area contributed by atoms with Crippen molar-refractivity contribution in [3.05, 3.63) is 28.8 Å². The molecule has 2 nitrogen and oxygen atoms in total. The monoisotopic (exact) mass is 267 g/mol. The predicted molar refractivity (Wildman–Crippen MR) is 76.4 cm³/mol. The van der Waals surface area contributed by atoms with E-state index in [0.717, 1.165) is 18.7 Å². The molecule has 1 aliphatic rings. The van der Waals surface area contributed by atoms with Gasteiger partial charge < -0.3 is 10.1 Å². The molecule has 0 aromatic heterocycles. The van der Waals surface area contributed by atoms with Gasteiger partial charge in [-0.15, -0.1) is 0 Å². The van der Waals surface area contributed by atoms with Crippen LogP contribution < -0.4 is 10.1 Å². The molecule has 0 bridgehead atoms. The number of methoxy groups -OCH3 is 1. The molecule has 1 N–H and O–H groups in total. The minimum atomic E-state index is 0.103. The van der Waals surface area contributed by atoms with Gasteiger partial charge in [-0.05, 0) is 49.4 Å². The predicted octanol–water partition coefficient (Wildman–Crippen LogP) is 3.97. The molecule has 1 atom stereocenters. The summed E-state index contributed by atoms with van der Waals surface area (Å²) in [6, 6.07) is 6.16. The van der Waals surface area contributed by atoms with Gasteiger partial charge in [0.1, 0.15) is 5.75 Å². The normalized spacial score (nSPS) is 23.6. The molecular formula is C15H22ClNO. The van der Waals surface area contributed by atoms with Gasteiger partial charge in [0.2, 0.25) is 0 Å². The van der Waals surface area contributed by atoms with E-state index in [9.17, 15) is 0 Å². The van der Waals surface area contributed by atoms with Crippen molar-refractivity contribution in [2.24, 2.45) is 5.92 Å². The number of hydrogen-bond acceptors (Lipinski definition) is 2. The summed E-state index contributed by atoms with van der Waals surface area (Å²) >= 11 is 6.11. The lowest BCUT2D eigenvalue weighted by atomic mass is 9.81. The first-order chi connectivity index (χ1) is 8.57. The maximum atomic E-state index is 6.11. The fourth-order valence-electron chi connectivity index (χ4n) is 3.00. The standard InChI is InChI=1S/C15H22ClNO/c1-11(2)10-15(7-4-8-17-15)12-5-6-13(16)14(9-12)18-3/h5-6,9,11,17H,4,7-8,10H2,1-3H3. The van der Waals surface area contributed by atoms with Crippen molar-refractivity contribution in [2.45, 2.75) is 38.6 Å². The molecule has 0 amide bonds. The fraction of sp³-hybridized carbons (Fsp3) is 0.600. The Hall–Kier alpha value is -0.730. The van der Waals surface area contributed by atoms with Gasteiger partial charge in [-0.2, -0.15) is 0 Å². The molecule has 0 radical (unpaired) electrons. The highest BCUT2D eigenvalue weighted by atomic mass is 35.5. The lowest BCUT2D eigenvalue weighted by molar-refractivity contribution is 0.309. The molecule has 100 valence electrons. The first-order valence-corrected chi connectivity index (χ1v) is 7.04. The van der Waals surface area contributed by atoms with Crippen LogP contribution in [0.15, 0.2) is 18.2 Å². The lowest BCUT2D eigenvalue weighted by Gasteiger charge is -2.32. The quantitative estimate of drug-likeness (QED) is 0.891. The Labute approximate surface area is 115 Å². The molecule has 1 aromatic carbocycles. The van der Waals surface area contributed by atoms with Crippen LogP contribution in [-0.4, -0.2) is 13.7 Å². The second-order valence-electron chi connectivity index (χ2n) is 5.56. The Kier molecular flexibility index (Phi) is 4.18. The van der Waals surface area contributed by atoms with Crippen molar-refractivity contribution < 1.29 is 4.74 Å². The number of nitrogens with one attached hydrogen (secondary N) is 1. The summed E-state index contributed by atoms with van der Waals surface area (Å²) in [5.74, 6) is 1.43. The maximum Gasteiger partial charge on any atom is 0.137 e. The fourth-order valence-corrected chi connectivity index (χ4v) is 3.19. The van der Waals surface area contributed by atoms with Crippen LogP contribution >= 0.6 is 11.6 Å². The number of halogens is 1. The van der Waals surface area contributed by atoms with E-state index < -0.39 is 0 Å². The summed E-state index contributed by atoms with van der Waals surface area (Å²) in [5, 5.41) is 4.37. The molecule has 0 saturated carbocycles. The maximum absolute atomic E-state index is 6.11. The largest absolute Gasteiger partial charge is 0.495 e. The molecule has 2 rings (SSSR count). The minimum absolute atomic E-state index is 0.103. The molecule has 1 heterocycles. The smallest absolute Gasteiger partial charge is 0.137 e. The Morgan fingerprint density at radius 3 is 2.78 bits per heavy atom. The van der Waals surface area contributed by atoms with Crippen molar-refractivity contribution in [2.75, 3.05) is 13.7 Å². The summed E-state index contributed by atoms with van der Waals surface area (Å²) in [4.78, 5) is 0. The zero-order chi connectivity index (χ0) is 13.2. The van der Waals surface area contributed by atoms with Crippen molar-refractivity contribution >= 4 is 11.6 Å². The molecule has 3 heteroatoms. The van der Waals surface area contributed by atoms with Gasteiger partial charge in [-0.1, -0.05) is 31.5 Å². The Morgan fingerprint density at radius 2 is 2.22 bits per heavy atom. The second kappa shape index (κ2) is 5.50. The number of rotatable bonds is 4. The molecule has 1 unspecified atom stereocenters. The molecule has 0 spiro atoms. The first kappa shape index (κ1) is 13.7. The third kappa shape index (κ3) is 2.65. The van der Waals surface area contributed by atoms with E-state index in [-0.39, 0.29) is 5.54 Å². The molecule has 0 aliphatic carbocycles. The highest BCUT2D eigenvalue weighted by Crippen LogP contribution is 2.39. The molecule has 1 aliphatic heterocycles. The summed E-state index contributed by atoms with van der Waals surface area (Å²) in [5.41, 5.74) is 1.40. The van der Waals surface area contributed by atoms with Gasteiger partial charge in [0.15, 0.2) is 0 Å². The van der Waals surface area contributed by atoms with Crippen LogP contribution in [0, 0.1) is 5.92 Å². The zero-order valence-electron chi connectivity index (χ0n) is 11.4. The molecule has 1 fully saturated rings. The van der Waals surface area contributed by atoms with E-state index in [0.29, 0.717) is 10.9 Å². The lowest BCUT2D eigenvalue weighted by Crippen LogP contribution is -2.38. The van der Waals surface area contributed by atoms with Crippen molar-refractivity contribution in [3.63, 3.8) is 0 Å². The third-order valence-corrected chi connectivity index (χ3v) is 4.02. The van der Waals surface area contributed by atoms with Crippen LogP contribution in [0.5, 0.6) is 5.75 Å². The topological polar surface area (TPSA) is 21.3 Å². The zero-order valence-corrected chi connectivity index (χ0v) is 12.2. The van der Waals surface area contributed by atoms with E-state index in [1.54, 1.807) is 7.11 Å². The average Bonchev–Trinajstić information content (AvgIpc) is 2.78. The summed E-state index contributed by atoms with van der Waals surface area (Å²) < 4.78 is 5.34. The van der Waals surface area contributed by atoms with Gasteiger partial charge in [0, 0.05) is 5.54 Å². The number of hydrogen-bond donors (Lipinski definition) is 1. The summed E-state index contributed by atoms with van der Waals surface area (Å²) in [6.07, 6.45) is 3.57. The Balaban J connectivity index is 2.36. The van der Waals surface area contributed by atoms with Gasteiger partial charge in [0.05, 0.1) is 12.1 Å². The second-order valence-corrected chi connectivity index (χ2v) is 5.97. The van der Waals surface area contributed by atoms with Crippen LogP contribution in [0.25, 0.3) is 0 Å². The van der Waals surface area contributed by atoms with Crippen LogP contribution in [-0.2, 0) is 5.54 Å². The molecule has 1 saturated heterocycles. The van der Waals surface area contributed by atoms with Crippen LogP contribution in [0.4, 0.5) is 0 Å². The van der Waals surface area contributed by atoms with Gasteiger partial charge in [-0.3, -0.25) is 0 Å². The Bertz CT molecular complexity index is 411. The van der Waals surface area contributed by atoms with Gasteiger partial charge in [0.25, 0.3) is 0 Å². The van der Waals surface area contributed by atoms with Crippen LogP contribution in [0.1, 0.15) is 38.7 Å². The van der Waals surface area contributed by atoms with Crippen LogP contribution in [0.3, 0.4) is 0 Å². The molecule has 18 heavy (non-hydrogen) atoms. The third-order valence-electron chi connectivity index (χ3n) is 3.70. The highest BCUT2D eigenvalue weighted by molar-refractivity contribution is 6.32. The highest BCUT2D eigenvalue weighted by Gasteiger charge is 2.36.